The van der Waals surface area contributed by atoms with E-state index in [1.54, 1.807) is 41.7 Å². The molecule has 0 amide bonds. The minimum atomic E-state index is -0.0201. The second-order valence-corrected chi connectivity index (χ2v) is 13.6. The first-order valence-electron chi connectivity index (χ1n) is 18.4. The topological polar surface area (TPSA) is 118 Å². The van der Waals surface area contributed by atoms with Crippen molar-refractivity contribution in [3.05, 3.63) is 145 Å². The van der Waals surface area contributed by atoms with E-state index in [0.717, 1.165) is 100 Å². The molecule has 0 spiro atoms. The van der Waals surface area contributed by atoms with E-state index in [2.05, 4.69) is 61.3 Å². The molecular formula is C46H31BN8O. The summed E-state index contributed by atoms with van der Waals surface area (Å²) in [6.45, 7) is 1.87. The summed E-state index contributed by atoms with van der Waals surface area (Å²) in [6, 6.07) is 26.0. The van der Waals surface area contributed by atoms with Gasteiger partial charge in [0.1, 0.15) is 7.85 Å². The van der Waals surface area contributed by atoms with Gasteiger partial charge < -0.3 is 9.97 Å². The Kier molecular flexibility index (Phi) is 7.95. The lowest BCUT2D eigenvalue weighted by Gasteiger charge is -2.06. The molecule has 8 aromatic rings. The molecule has 0 fully saturated rings. The van der Waals surface area contributed by atoms with Gasteiger partial charge in [-0.3, -0.25) is 24.3 Å². The lowest BCUT2D eigenvalue weighted by molar-refractivity contribution is 0.0914. The molecule has 0 atom stereocenters. The minimum Gasteiger partial charge on any atom is -0.354 e. The van der Waals surface area contributed by atoms with Crippen LogP contribution in [-0.4, -0.2) is 53.2 Å². The van der Waals surface area contributed by atoms with Crippen molar-refractivity contribution in [2.24, 2.45) is 0 Å². The first kappa shape index (κ1) is 33.1. The van der Waals surface area contributed by atoms with Gasteiger partial charge in [0.05, 0.1) is 28.3 Å². The molecule has 2 aliphatic heterocycles. The lowest BCUT2D eigenvalue weighted by Crippen LogP contribution is -2.07. The average molecular weight is 723 g/mol. The van der Waals surface area contributed by atoms with Crippen LogP contribution >= 0.6 is 0 Å². The Labute approximate surface area is 322 Å². The van der Waals surface area contributed by atoms with Crippen LogP contribution in [0.1, 0.15) is 40.9 Å². The summed E-state index contributed by atoms with van der Waals surface area (Å²) in [7, 11) is 6.42. The third-order valence-electron chi connectivity index (χ3n) is 10.3. The molecule has 0 saturated carbocycles. The molecule has 2 N–H and O–H groups in total. The minimum absolute atomic E-state index is 0.0201. The van der Waals surface area contributed by atoms with Crippen molar-refractivity contribution in [1.29, 1.82) is 0 Å². The van der Waals surface area contributed by atoms with Gasteiger partial charge in [0.15, 0.2) is 0 Å². The normalized spacial score (nSPS) is 12.1. The Hall–Kier alpha value is -7.46. The quantitative estimate of drug-likeness (QED) is 0.171. The Balaban J connectivity index is 1.41. The number of carbonyl (C=O) groups excluding carboxylic acids is 1. The number of carbonyl (C=O) groups is 1. The number of aromatic nitrogens is 8. The molecule has 7 aromatic heterocycles. The van der Waals surface area contributed by atoms with E-state index < -0.39 is 0 Å². The monoisotopic (exact) mass is 722 g/mol. The zero-order chi connectivity index (χ0) is 37.8. The number of nitrogens with zero attached hydrogens (tertiary/aromatic N) is 6. The van der Waals surface area contributed by atoms with Gasteiger partial charge in [-0.2, -0.15) is 0 Å². The summed E-state index contributed by atoms with van der Waals surface area (Å²) in [6.07, 6.45) is 21.2. The molecule has 9 heterocycles. The zero-order valence-electron chi connectivity index (χ0n) is 30.2. The average Bonchev–Trinajstić information content (AvgIpc) is 4.10. The molecule has 2 radical (unpaired) electrons. The van der Waals surface area contributed by atoms with Crippen LogP contribution in [0.4, 0.5) is 0 Å². The van der Waals surface area contributed by atoms with Crippen molar-refractivity contribution in [2.75, 3.05) is 0 Å². The molecule has 8 bridgehead atoms. The SMILES string of the molecule is [B]c1ccc2c(c1)c(-c1c3nc(c(-c4ccncc4)c4ccc([nH]4)c(-c4ccncc4)c4nc(c(-c5ccncc5)c5ccc1[nH]5)C=C4)C=C3)cn2C(=O)CC. The van der Waals surface area contributed by atoms with Gasteiger partial charge in [-0.05, 0) is 108 Å². The molecule has 264 valence electrons. The zero-order valence-corrected chi connectivity index (χ0v) is 30.2. The summed E-state index contributed by atoms with van der Waals surface area (Å²) in [5.41, 5.74) is 15.2. The highest BCUT2D eigenvalue weighted by atomic mass is 16.2. The Morgan fingerprint density at radius 2 is 0.982 bits per heavy atom. The largest absolute Gasteiger partial charge is 0.354 e. The van der Waals surface area contributed by atoms with Crippen LogP contribution in [0, 0.1) is 0 Å². The number of H-pyrrole nitrogens is 2. The predicted molar refractivity (Wildman–Crippen MR) is 226 cm³/mol. The maximum Gasteiger partial charge on any atom is 0.230 e. The number of benzene rings is 1. The fourth-order valence-corrected chi connectivity index (χ4v) is 7.78. The maximum atomic E-state index is 13.4. The summed E-state index contributed by atoms with van der Waals surface area (Å²) < 4.78 is 1.72. The van der Waals surface area contributed by atoms with Gasteiger partial charge in [0, 0.05) is 105 Å². The maximum absolute atomic E-state index is 13.4. The highest BCUT2D eigenvalue weighted by Crippen LogP contribution is 2.40. The van der Waals surface area contributed by atoms with E-state index >= 15 is 0 Å². The Morgan fingerprint density at radius 1 is 0.571 bits per heavy atom. The van der Waals surface area contributed by atoms with Crippen molar-refractivity contribution in [1.82, 2.24) is 39.5 Å². The molecule has 0 aliphatic carbocycles. The lowest BCUT2D eigenvalue weighted by atomic mass is 9.93. The van der Waals surface area contributed by atoms with Crippen LogP contribution in [0.3, 0.4) is 0 Å². The highest BCUT2D eigenvalue weighted by molar-refractivity contribution is 6.33. The summed E-state index contributed by atoms with van der Waals surface area (Å²) in [4.78, 5) is 44.6. The molecule has 2 aliphatic rings. The van der Waals surface area contributed by atoms with Crippen LogP contribution < -0.4 is 5.46 Å². The van der Waals surface area contributed by atoms with Crippen LogP contribution in [0.25, 0.3) is 102 Å². The molecular weight excluding hydrogens is 691 g/mol. The van der Waals surface area contributed by atoms with Crippen LogP contribution in [0.15, 0.2) is 122 Å². The Morgan fingerprint density at radius 3 is 1.41 bits per heavy atom. The Bertz CT molecular complexity index is 3050. The third-order valence-corrected chi connectivity index (χ3v) is 10.3. The number of nitrogens with one attached hydrogen (secondary N) is 2. The third kappa shape index (κ3) is 5.58. The van der Waals surface area contributed by atoms with Crippen molar-refractivity contribution in [3.8, 4) is 44.5 Å². The molecule has 10 rings (SSSR count). The smallest absolute Gasteiger partial charge is 0.230 e. The number of hydrogen-bond donors (Lipinski definition) is 2. The van der Waals surface area contributed by atoms with E-state index in [-0.39, 0.29) is 5.91 Å². The first-order valence-corrected chi connectivity index (χ1v) is 18.4. The fraction of sp³-hybridized carbons (Fsp3) is 0.0435. The molecule has 0 saturated heterocycles. The van der Waals surface area contributed by atoms with Crippen LogP contribution in [0.2, 0.25) is 0 Å². The van der Waals surface area contributed by atoms with Crippen LogP contribution in [-0.2, 0) is 0 Å². The fourth-order valence-electron chi connectivity index (χ4n) is 7.78. The van der Waals surface area contributed by atoms with Gasteiger partial charge in [-0.15, -0.1) is 0 Å². The van der Waals surface area contributed by atoms with Gasteiger partial charge >= 0.3 is 0 Å². The van der Waals surface area contributed by atoms with Crippen molar-refractivity contribution >= 4 is 76.5 Å². The van der Waals surface area contributed by atoms with Gasteiger partial charge in [-0.25, -0.2) is 9.97 Å². The van der Waals surface area contributed by atoms with Crippen molar-refractivity contribution < 1.29 is 4.79 Å². The summed E-state index contributed by atoms with van der Waals surface area (Å²) in [5, 5.41) is 0.851. The van der Waals surface area contributed by atoms with E-state index in [1.165, 1.54) is 0 Å². The standard InChI is InChI=1S/C46H31BN8O/c1-2-42(56)55-26-32(31-25-30(47)3-12-41(31)55)46-39-10-8-37(53-39)44(28-15-21-49-22-16-28)35-6-4-33(51-35)43(27-13-19-48-20-14-27)34-5-7-36(52-34)45(29-17-23-50-24-18-29)38-9-11-40(46)54-38/h3-26,51,54H,2H2,1H3. The summed E-state index contributed by atoms with van der Waals surface area (Å²) >= 11 is 0. The van der Waals surface area contributed by atoms with E-state index in [4.69, 9.17) is 17.8 Å². The summed E-state index contributed by atoms with van der Waals surface area (Å²) in [5.74, 6) is -0.0201. The second-order valence-electron chi connectivity index (χ2n) is 13.6. The van der Waals surface area contributed by atoms with Crippen LogP contribution in [0.5, 0.6) is 0 Å². The van der Waals surface area contributed by atoms with Gasteiger partial charge in [0.25, 0.3) is 0 Å². The molecule has 10 heteroatoms. The molecule has 1 aromatic carbocycles. The van der Waals surface area contributed by atoms with E-state index in [0.29, 0.717) is 11.9 Å². The molecule has 9 nitrogen and oxygen atoms in total. The predicted octanol–water partition coefficient (Wildman–Crippen LogP) is 9.31. The van der Waals surface area contributed by atoms with Gasteiger partial charge in [-0.1, -0.05) is 24.5 Å². The first-order chi connectivity index (χ1) is 27.5. The molecule has 56 heavy (non-hydrogen) atoms. The number of rotatable bonds is 5. The second kappa shape index (κ2) is 13.4. The number of pyridine rings is 3. The molecule has 0 unspecified atom stereocenters. The van der Waals surface area contributed by atoms with E-state index in [9.17, 15) is 4.79 Å². The number of aromatic amines is 2. The van der Waals surface area contributed by atoms with Crippen molar-refractivity contribution in [3.63, 3.8) is 0 Å². The van der Waals surface area contributed by atoms with E-state index in [1.807, 2.05) is 79.9 Å². The highest BCUT2D eigenvalue weighted by Gasteiger charge is 2.22. The number of hydrogen-bond acceptors (Lipinski definition) is 6. The van der Waals surface area contributed by atoms with Gasteiger partial charge in [0.2, 0.25) is 5.91 Å². The number of fused-ring (bicyclic) bond motifs is 9. The van der Waals surface area contributed by atoms with Crippen molar-refractivity contribution in [2.45, 2.75) is 13.3 Å².